The van der Waals surface area contributed by atoms with E-state index < -0.39 is 0 Å². The van der Waals surface area contributed by atoms with E-state index in [2.05, 4.69) is 16.9 Å². The van der Waals surface area contributed by atoms with Crippen LogP contribution in [-0.4, -0.2) is 36.1 Å². The molecule has 0 bridgehead atoms. The van der Waals surface area contributed by atoms with Gasteiger partial charge in [0.15, 0.2) is 0 Å². The zero-order valence-electron chi connectivity index (χ0n) is 9.03. The fourth-order valence-corrected chi connectivity index (χ4v) is 1.69. The Hall–Kier alpha value is -0.800. The number of likely N-dealkylation sites (N-methyl/N-ethyl adjacent to an activating group) is 1. The molecule has 0 spiro atoms. The number of rotatable bonds is 3. The van der Waals surface area contributed by atoms with E-state index in [1.54, 1.807) is 6.20 Å². The van der Waals surface area contributed by atoms with Crippen LogP contribution in [0.25, 0.3) is 0 Å². The van der Waals surface area contributed by atoms with Crippen LogP contribution >= 0.6 is 11.6 Å². The van der Waals surface area contributed by atoms with Gasteiger partial charge in [0.1, 0.15) is 17.5 Å². The number of halogens is 1. The molecule has 0 saturated carbocycles. The molecule has 4 heteroatoms. The maximum absolute atomic E-state index is 5.83. The summed E-state index contributed by atoms with van der Waals surface area (Å²) in [5, 5.41) is 0.545. The molecule has 2 rings (SSSR count). The summed E-state index contributed by atoms with van der Waals surface area (Å²) in [5.74, 6) is 0.803. The maximum Gasteiger partial charge on any atom is 0.138 e. The van der Waals surface area contributed by atoms with Crippen LogP contribution in [0.1, 0.15) is 12.0 Å². The molecular weight excluding hydrogens is 212 g/mol. The Balaban J connectivity index is 1.90. The van der Waals surface area contributed by atoms with Crippen LogP contribution in [0.5, 0.6) is 5.75 Å². The summed E-state index contributed by atoms with van der Waals surface area (Å²) in [6, 6.07) is 2.48. The lowest BCUT2D eigenvalue weighted by Gasteiger charge is -2.37. The number of hydrogen-bond acceptors (Lipinski definition) is 3. The van der Waals surface area contributed by atoms with Gasteiger partial charge in [-0.15, -0.1) is 0 Å². The van der Waals surface area contributed by atoms with Crippen LogP contribution in [0.4, 0.5) is 0 Å². The van der Waals surface area contributed by atoms with Crippen molar-refractivity contribution in [3.05, 3.63) is 23.0 Å². The molecule has 2 heterocycles. The van der Waals surface area contributed by atoms with Crippen molar-refractivity contribution in [1.82, 2.24) is 9.88 Å². The molecule has 3 nitrogen and oxygen atoms in total. The highest BCUT2D eigenvalue weighted by atomic mass is 35.5. The van der Waals surface area contributed by atoms with Gasteiger partial charge in [0.2, 0.25) is 0 Å². The zero-order chi connectivity index (χ0) is 10.8. The number of pyridine rings is 1. The first-order chi connectivity index (χ1) is 7.16. The molecule has 0 unspecified atom stereocenters. The van der Waals surface area contributed by atoms with Crippen molar-refractivity contribution in [2.75, 3.05) is 20.2 Å². The molecule has 82 valence electrons. The number of ether oxygens (including phenoxy) is 1. The van der Waals surface area contributed by atoms with Crippen molar-refractivity contribution in [3.63, 3.8) is 0 Å². The van der Waals surface area contributed by atoms with Crippen LogP contribution in [0.15, 0.2) is 12.3 Å². The predicted molar refractivity (Wildman–Crippen MR) is 60.5 cm³/mol. The second-order valence-electron chi connectivity index (χ2n) is 4.01. The Morgan fingerprint density at radius 1 is 1.67 bits per heavy atom. The Morgan fingerprint density at radius 3 is 3.00 bits per heavy atom. The summed E-state index contributed by atoms with van der Waals surface area (Å²) in [5.41, 5.74) is 0.955. The van der Waals surface area contributed by atoms with Gasteiger partial charge >= 0.3 is 0 Å². The SMILES string of the molecule is Cc1cc(OC[C@@H]2CCN2C)cnc1Cl. The molecule has 0 aromatic carbocycles. The highest BCUT2D eigenvalue weighted by Crippen LogP contribution is 2.20. The van der Waals surface area contributed by atoms with E-state index in [0.29, 0.717) is 11.2 Å². The number of hydrogen-bond donors (Lipinski definition) is 0. The third-order valence-electron chi connectivity index (χ3n) is 2.87. The van der Waals surface area contributed by atoms with Crippen LogP contribution in [0.3, 0.4) is 0 Å². The highest BCUT2D eigenvalue weighted by Gasteiger charge is 2.24. The van der Waals surface area contributed by atoms with Gasteiger partial charge in [0.25, 0.3) is 0 Å². The third-order valence-corrected chi connectivity index (χ3v) is 3.27. The summed E-state index contributed by atoms with van der Waals surface area (Å²) in [7, 11) is 2.11. The second kappa shape index (κ2) is 4.37. The summed E-state index contributed by atoms with van der Waals surface area (Å²) < 4.78 is 5.65. The lowest BCUT2D eigenvalue weighted by Crippen LogP contribution is -2.48. The summed E-state index contributed by atoms with van der Waals surface area (Å²) in [6.45, 7) is 3.84. The van der Waals surface area contributed by atoms with E-state index in [0.717, 1.165) is 17.9 Å². The van der Waals surface area contributed by atoms with E-state index in [9.17, 15) is 0 Å². The van der Waals surface area contributed by atoms with Crippen LogP contribution < -0.4 is 4.74 Å². The predicted octanol–water partition coefficient (Wildman–Crippen LogP) is 2.13. The van der Waals surface area contributed by atoms with Gasteiger partial charge in [-0.1, -0.05) is 11.6 Å². The molecule has 15 heavy (non-hydrogen) atoms. The maximum atomic E-state index is 5.83. The van der Waals surface area contributed by atoms with Crippen molar-refractivity contribution < 1.29 is 4.74 Å². The van der Waals surface area contributed by atoms with E-state index in [-0.39, 0.29) is 0 Å². The van der Waals surface area contributed by atoms with Gasteiger partial charge in [-0.3, -0.25) is 4.90 Å². The summed E-state index contributed by atoms with van der Waals surface area (Å²) in [4.78, 5) is 6.33. The van der Waals surface area contributed by atoms with E-state index in [1.807, 2.05) is 13.0 Å². The molecule has 1 aromatic heterocycles. The van der Waals surface area contributed by atoms with Gasteiger partial charge in [0, 0.05) is 6.04 Å². The number of nitrogens with zero attached hydrogens (tertiary/aromatic N) is 2. The minimum atomic E-state index is 0.545. The topological polar surface area (TPSA) is 25.4 Å². The Morgan fingerprint density at radius 2 is 2.47 bits per heavy atom. The van der Waals surface area contributed by atoms with Crippen LogP contribution in [-0.2, 0) is 0 Å². The normalized spacial score (nSPS) is 21.1. The largest absolute Gasteiger partial charge is 0.490 e. The molecule has 1 aliphatic rings. The Kier molecular flexibility index (Phi) is 3.12. The van der Waals surface area contributed by atoms with Crippen molar-refractivity contribution >= 4 is 11.6 Å². The molecule has 1 aromatic rings. The van der Waals surface area contributed by atoms with E-state index in [1.165, 1.54) is 13.0 Å². The first-order valence-corrected chi connectivity index (χ1v) is 5.50. The molecule has 0 aliphatic carbocycles. The van der Waals surface area contributed by atoms with Crippen molar-refractivity contribution in [1.29, 1.82) is 0 Å². The molecule has 1 atom stereocenters. The Bertz CT molecular complexity index is 356. The minimum Gasteiger partial charge on any atom is -0.490 e. The standard InChI is InChI=1S/C11H15ClN2O/c1-8-5-10(6-13-11(8)12)15-7-9-3-4-14(9)2/h5-6,9H,3-4,7H2,1-2H3/t9-/m0/s1. The summed E-state index contributed by atoms with van der Waals surface area (Å²) >= 11 is 5.83. The van der Waals surface area contributed by atoms with Gasteiger partial charge < -0.3 is 4.74 Å². The average molecular weight is 227 g/mol. The molecule has 0 radical (unpaired) electrons. The van der Waals surface area contributed by atoms with Crippen LogP contribution in [0.2, 0.25) is 5.15 Å². The quantitative estimate of drug-likeness (QED) is 0.739. The van der Waals surface area contributed by atoms with Crippen molar-refractivity contribution in [2.45, 2.75) is 19.4 Å². The van der Waals surface area contributed by atoms with Gasteiger partial charge in [-0.2, -0.15) is 0 Å². The first kappa shape index (κ1) is 10.7. The number of aromatic nitrogens is 1. The van der Waals surface area contributed by atoms with Gasteiger partial charge in [0.05, 0.1) is 6.20 Å². The molecular formula is C11H15ClN2O. The minimum absolute atomic E-state index is 0.545. The molecule has 1 fully saturated rings. The fraction of sp³-hybridized carbons (Fsp3) is 0.545. The van der Waals surface area contributed by atoms with Crippen molar-refractivity contribution in [2.24, 2.45) is 0 Å². The monoisotopic (exact) mass is 226 g/mol. The first-order valence-electron chi connectivity index (χ1n) is 5.12. The van der Waals surface area contributed by atoms with Gasteiger partial charge in [-0.25, -0.2) is 4.98 Å². The average Bonchev–Trinajstić information content (AvgIpc) is 2.21. The lowest BCUT2D eigenvalue weighted by atomic mass is 10.1. The molecule has 1 aliphatic heterocycles. The zero-order valence-corrected chi connectivity index (χ0v) is 9.79. The number of aryl methyl sites for hydroxylation is 1. The van der Waals surface area contributed by atoms with E-state index in [4.69, 9.17) is 16.3 Å². The lowest BCUT2D eigenvalue weighted by molar-refractivity contribution is 0.0767. The highest BCUT2D eigenvalue weighted by molar-refractivity contribution is 6.30. The Labute approximate surface area is 95.0 Å². The van der Waals surface area contributed by atoms with Gasteiger partial charge in [-0.05, 0) is 38.6 Å². The second-order valence-corrected chi connectivity index (χ2v) is 4.37. The smallest absolute Gasteiger partial charge is 0.138 e. The van der Waals surface area contributed by atoms with E-state index >= 15 is 0 Å². The summed E-state index contributed by atoms with van der Waals surface area (Å²) in [6.07, 6.45) is 2.89. The third kappa shape index (κ3) is 2.41. The molecule has 0 amide bonds. The van der Waals surface area contributed by atoms with Crippen molar-refractivity contribution in [3.8, 4) is 5.75 Å². The fourth-order valence-electron chi connectivity index (χ4n) is 1.58. The number of likely N-dealkylation sites (tertiary alicyclic amines) is 1. The molecule has 0 N–H and O–H groups in total. The van der Waals surface area contributed by atoms with Crippen LogP contribution in [0, 0.1) is 6.92 Å². The molecule has 1 saturated heterocycles.